The van der Waals surface area contributed by atoms with Crippen LogP contribution in [0.1, 0.15) is 5.56 Å². The maximum absolute atomic E-state index is 11.0. The van der Waals surface area contributed by atoms with Crippen LogP contribution in [0.4, 0.5) is 11.5 Å². The minimum absolute atomic E-state index is 0.0538. The van der Waals surface area contributed by atoms with Gasteiger partial charge < -0.3 is 10.1 Å². The molecular formula is C13H12ClN3O3. The van der Waals surface area contributed by atoms with Crippen molar-refractivity contribution in [2.45, 2.75) is 6.54 Å². The van der Waals surface area contributed by atoms with E-state index in [0.717, 1.165) is 11.3 Å². The number of benzene rings is 1. The molecule has 0 unspecified atom stereocenters. The number of aromatic nitrogens is 1. The van der Waals surface area contributed by atoms with Crippen molar-refractivity contribution < 1.29 is 9.66 Å². The lowest BCUT2D eigenvalue weighted by Crippen LogP contribution is -2.05. The number of rotatable bonds is 5. The Morgan fingerprint density at radius 2 is 2.25 bits per heavy atom. The van der Waals surface area contributed by atoms with E-state index in [4.69, 9.17) is 16.3 Å². The zero-order chi connectivity index (χ0) is 14.5. The largest absolute Gasteiger partial charge is 0.497 e. The Labute approximate surface area is 120 Å². The average molecular weight is 294 g/mol. The van der Waals surface area contributed by atoms with Gasteiger partial charge in [0, 0.05) is 12.7 Å². The Hall–Kier alpha value is -2.34. The number of nitrogens with one attached hydrogen (secondary N) is 1. The second-order valence-electron chi connectivity index (χ2n) is 3.95. The van der Waals surface area contributed by atoms with Crippen LogP contribution in [-0.4, -0.2) is 17.0 Å². The van der Waals surface area contributed by atoms with Gasteiger partial charge in [0.25, 0.3) is 0 Å². The molecule has 0 aliphatic carbocycles. The van der Waals surface area contributed by atoms with Crippen LogP contribution in [0.25, 0.3) is 0 Å². The molecule has 6 nitrogen and oxygen atoms in total. The van der Waals surface area contributed by atoms with Crippen molar-refractivity contribution in [1.29, 1.82) is 0 Å². The molecule has 1 heterocycles. The summed E-state index contributed by atoms with van der Waals surface area (Å²) >= 11 is 5.81. The third-order valence-electron chi connectivity index (χ3n) is 2.65. The highest BCUT2D eigenvalue weighted by Crippen LogP contribution is 2.30. The Morgan fingerprint density at radius 3 is 2.95 bits per heavy atom. The number of methoxy groups -OCH3 is 1. The van der Waals surface area contributed by atoms with Gasteiger partial charge in [-0.15, -0.1) is 0 Å². The van der Waals surface area contributed by atoms with Crippen LogP contribution in [0.2, 0.25) is 5.02 Å². The van der Waals surface area contributed by atoms with E-state index in [0.29, 0.717) is 6.54 Å². The first-order chi connectivity index (χ1) is 9.61. The topological polar surface area (TPSA) is 77.3 Å². The van der Waals surface area contributed by atoms with Gasteiger partial charge in [-0.2, -0.15) is 0 Å². The van der Waals surface area contributed by atoms with Gasteiger partial charge in [-0.1, -0.05) is 23.7 Å². The molecule has 0 saturated heterocycles. The van der Waals surface area contributed by atoms with Gasteiger partial charge in [-0.3, -0.25) is 10.1 Å². The molecule has 0 aliphatic heterocycles. The van der Waals surface area contributed by atoms with Crippen molar-refractivity contribution in [2.24, 2.45) is 0 Å². The summed E-state index contributed by atoms with van der Waals surface area (Å²) in [6, 6.07) is 8.77. The molecule has 0 radical (unpaired) electrons. The smallest absolute Gasteiger partial charge is 0.329 e. The maximum atomic E-state index is 11.0. The molecule has 104 valence electrons. The van der Waals surface area contributed by atoms with Crippen LogP contribution in [0.5, 0.6) is 5.75 Å². The number of hydrogen-bond acceptors (Lipinski definition) is 5. The number of ether oxygens (including phenoxy) is 1. The molecule has 1 aromatic heterocycles. The second-order valence-corrected chi connectivity index (χ2v) is 4.36. The molecule has 0 atom stereocenters. The van der Waals surface area contributed by atoms with Gasteiger partial charge in [0.05, 0.1) is 12.0 Å². The predicted octanol–water partition coefficient (Wildman–Crippen LogP) is 3.26. The summed E-state index contributed by atoms with van der Waals surface area (Å²) in [7, 11) is 1.58. The monoisotopic (exact) mass is 293 g/mol. The minimum Gasteiger partial charge on any atom is -0.497 e. The van der Waals surface area contributed by atoms with Gasteiger partial charge in [0.15, 0.2) is 0 Å². The molecular weight excluding hydrogens is 282 g/mol. The number of pyridine rings is 1. The number of nitrogens with zero attached hydrogens (tertiary/aromatic N) is 2. The van der Waals surface area contributed by atoms with Crippen LogP contribution in [0.15, 0.2) is 36.5 Å². The van der Waals surface area contributed by atoms with Crippen LogP contribution in [0, 0.1) is 10.1 Å². The average Bonchev–Trinajstić information content (AvgIpc) is 2.45. The highest BCUT2D eigenvalue weighted by Gasteiger charge is 2.19. The normalized spacial score (nSPS) is 10.1. The fraction of sp³-hybridized carbons (Fsp3) is 0.154. The van der Waals surface area contributed by atoms with E-state index >= 15 is 0 Å². The molecule has 1 N–H and O–H groups in total. The van der Waals surface area contributed by atoms with Crippen LogP contribution >= 0.6 is 11.6 Å². The lowest BCUT2D eigenvalue weighted by Gasteiger charge is -2.08. The first kappa shape index (κ1) is 14.1. The highest BCUT2D eigenvalue weighted by molar-refractivity contribution is 6.33. The van der Waals surface area contributed by atoms with Gasteiger partial charge in [-0.05, 0) is 23.8 Å². The summed E-state index contributed by atoms with van der Waals surface area (Å²) in [5.74, 6) is 0.864. The summed E-state index contributed by atoms with van der Waals surface area (Å²) in [5, 5.41) is 13.9. The van der Waals surface area contributed by atoms with Crippen LogP contribution in [-0.2, 0) is 6.54 Å². The number of halogens is 1. The zero-order valence-corrected chi connectivity index (χ0v) is 11.4. The van der Waals surface area contributed by atoms with Crippen molar-refractivity contribution in [3.63, 3.8) is 0 Å². The SMILES string of the molecule is COc1cccc(CNc2nccc(Cl)c2[N+](=O)[O-])c1. The molecule has 0 aliphatic rings. The summed E-state index contributed by atoms with van der Waals surface area (Å²) in [6.45, 7) is 0.380. The van der Waals surface area contributed by atoms with E-state index in [9.17, 15) is 10.1 Å². The van der Waals surface area contributed by atoms with Crippen molar-refractivity contribution in [3.8, 4) is 5.75 Å². The second kappa shape index (κ2) is 6.21. The lowest BCUT2D eigenvalue weighted by molar-refractivity contribution is -0.384. The molecule has 2 aromatic rings. The number of anilines is 1. The first-order valence-corrected chi connectivity index (χ1v) is 6.15. The molecule has 1 aromatic carbocycles. The van der Waals surface area contributed by atoms with E-state index in [1.165, 1.54) is 12.3 Å². The first-order valence-electron chi connectivity index (χ1n) is 5.77. The van der Waals surface area contributed by atoms with Gasteiger partial charge in [-0.25, -0.2) is 4.98 Å². The summed E-state index contributed by atoms with van der Waals surface area (Å²) < 4.78 is 5.12. The van der Waals surface area contributed by atoms with Crippen LogP contribution < -0.4 is 10.1 Å². The third-order valence-corrected chi connectivity index (χ3v) is 2.96. The quantitative estimate of drug-likeness (QED) is 0.676. The Morgan fingerprint density at radius 1 is 1.45 bits per heavy atom. The fourth-order valence-corrected chi connectivity index (χ4v) is 1.92. The van der Waals surface area contributed by atoms with Crippen LogP contribution in [0.3, 0.4) is 0 Å². The molecule has 0 bridgehead atoms. The fourth-order valence-electron chi connectivity index (χ4n) is 1.70. The minimum atomic E-state index is -0.552. The van der Waals surface area contributed by atoms with Crippen molar-refractivity contribution in [1.82, 2.24) is 4.98 Å². The van der Waals surface area contributed by atoms with E-state index < -0.39 is 4.92 Å². The number of hydrogen-bond donors (Lipinski definition) is 1. The summed E-state index contributed by atoms with van der Waals surface area (Å²) in [4.78, 5) is 14.4. The van der Waals surface area contributed by atoms with Gasteiger partial charge in [0.2, 0.25) is 5.82 Å². The highest BCUT2D eigenvalue weighted by atomic mass is 35.5. The molecule has 20 heavy (non-hydrogen) atoms. The van der Waals surface area contributed by atoms with E-state index in [2.05, 4.69) is 10.3 Å². The summed E-state index contributed by atoms with van der Waals surface area (Å²) in [6.07, 6.45) is 1.42. The van der Waals surface area contributed by atoms with Crippen molar-refractivity contribution in [2.75, 3.05) is 12.4 Å². The maximum Gasteiger partial charge on any atom is 0.329 e. The number of nitro groups is 1. The van der Waals surface area contributed by atoms with Crippen molar-refractivity contribution in [3.05, 3.63) is 57.2 Å². The van der Waals surface area contributed by atoms with E-state index in [1.54, 1.807) is 7.11 Å². The Kier molecular flexibility index (Phi) is 4.37. The Balaban J connectivity index is 2.18. The predicted molar refractivity (Wildman–Crippen MR) is 76.2 cm³/mol. The standard InChI is InChI=1S/C13H12ClN3O3/c1-20-10-4-2-3-9(7-10)8-16-13-12(17(18)19)11(14)5-6-15-13/h2-7H,8H2,1H3,(H,15,16). The molecule has 0 saturated carbocycles. The third kappa shape index (κ3) is 3.16. The van der Waals surface area contributed by atoms with Gasteiger partial charge >= 0.3 is 5.69 Å². The molecule has 0 amide bonds. The molecule has 0 fully saturated rings. The van der Waals surface area contributed by atoms with Crippen molar-refractivity contribution >= 4 is 23.1 Å². The van der Waals surface area contributed by atoms with E-state index in [1.807, 2.05) is 24.3 Å². The van der Waals surface area contributed by atoms with Gasteiger partial charge in [0.1, 0.15) is 10.8 Å². The molecule has 2 rings (SSSR count). The zero-order valence-electron chi connectivity index (χ0n) is 10.7. The Bertz CT molecular complexity index is 634. The molecule has 0 spiro atoms. The lowest BCUT2D eigenvalue weighted by atomic mass is 10.2. The van der Waals surface area contributed by atoms with E-state index in [-0.39, 0.29) is 16.5 Å². The molecule has 7 heteroatoms. The summed E-state index contributed by atoms with van der Waals surface area (Å²) in [5.41, 5.74) is 0.692.